The van der Waals surface area contributed by atoms with Crippen molar-refractivity contribution in [2.45, 2.75) is 13.0 Å². The molecule has 1 atom stereocenters. The number of carbonyl (C=O) groups excluding carboxylic acids is 1. The van der Waals surface area contributed by atoms with Crippen LogP contribution in [0.3, 0.4) is 0 Å². The van der Waals surface area contributed by atoms with E-state index in [0.29, 0.717) is 5.75 Å². The molecule has 0 aliphatic heterocycles. The lowest BCUT2D eigenvalue weighted by Crippen LogP contribution is -2.32. The van der Waals surface area contributed by atoms with E-state index in [4.69, 9.17) is 10.5 Å². The second kappa shape index (κ2) is 6.93. The van der Waals surface area contributed by atoms with Gasteiger partial charge in [0.1, 0.15) is 5.75 Å². The second-order valence-electron chi connectivity index (χ2n) is 3.12. The molecule has 16 heavy (non-hydrogen) atoms. The molecule has 0 fully saturated rings. The van der Waals surface area contributed by atoms with Crippen molar-refractivity contribution >= 4 is 46.6 Å². The van der Waals surface area contributed by atoms with Crippen molar-refractivity contribution in [2.24, 2.45) is 5.73 Å². The molecule has 6 heteroatoms. The third kappa shape index (κ3) is 4.15. The minimum atomic E-state index is -0.521. The van der Waals surface area contributed by atoms with Gasteiger partial charge in [0.25, 0.3) is 0 Å². The van der Waals surface area contributed by atoms with Crippen LogP contribution in [-0.2, 0) is 4.79 Å². The van der Waals surface area contributed by atoms with Gasteiger partial charge >= 0.3 is 0 Å². The average molecular weight is 357 g/mol. The number of methoxy groups -OCH3 is 1. The minimum Gasteiger partial charge on any atom is -0.497 e. The van der Waals surface area contributed by atoms with E-state index >= 15 is 0 Å². The van der Waals surface area contributed by atoms with Crippen molar-refractivity contribution in [1.29, 1.82) is 0 Å². The van der Waals surface area contributed by atoms with Gasteiger partial charge in [-0.05, 0) is 41.6 Å². The van der Waals surface area contributed by atoms with Crippen LogP contribution in [0, 0.1) is 3.57 Å². The molecule has 0 aliphatic rings. The summed E-state index contributed by atoms with van der Waals surface area (Å²) >= 11 is 2.14. The van der Waals surface area contributed by atoms with Crippen LogP contribution in [-0.4, -0.2) is 19.1 Å². The summed E-state index contributed by atoms with van der Waals surface area (Å²) in [5.74, 6) is 0.497. The smallest absolute Gasteiger partial charge is 0.241 e. The van der Waals surface area contributed by atoms with Crippen LogP contribution in [0.4, 0.5) is 5.69 Å². The molecule has 0 bridgehead atoms. The molecule has 90 valence electrons. The van der Waals surface area contributed by atoms with Gasteiger partial charge < -0.3 is 15.8 Å². The lowest BCUT2D eigenvalue weighted by molar-refractivity contribution is -0.117. The largest absolute Gasteiger partial charge is 0.497 e. The molecule has 0 aromatic heterocycles. The van der Waals surface area contributed by atoms with Crippen LogP contribution >= 0.6 is 35.0 Å². The van der Waals surface area contributed by atoms with E-state index in [1.807, 2.05) is 12.1 Å². The normalized spacial score (nSPS) is 11.2. The average Bonchev–Trinajstić information content (AvgIpc) is 2.21. The van der Waals surface area contributed by atoms with Crippen molar-refractivity contribution in [3.8, 4) is 5.75 Å². The summed E-state index contributed by atoms with van der Waals surface area (Å²) in [7, 11) is 1.58. The Bertz CT molecular complexity index is 372. The predicted octanol–water partition coefficient (Wildman–Crippen LogP) is 2.01. The number of anilines is 1. The molecule has 0 radical (unpaired) electrons. The maximum Gasteiger partial charge on any atom is 0.241 e. The third-order valence-corrected chi connectivity index (χ3v) is 2.79. The van der Waals surface area contributed by atoms with Gasteiger partial charge in [-0.2, -0.15) is 0 Å². The zero-order valence-corrected chi connectivity index (χ0v) is 12.0. The van der Waals surface area contributed by atoms with Gasteiger partial charge in [0.2, 0.25) is 5.91 Å². The third-order valence-electron chi connectivity index (χ3n) is 1.84. The van der Waals surface area contributed by atoms with Crippen molar-refractivity contribution in [3.05, 3.63) is 21.8 Å². The maximum absolute atomic E-state index is 11.4. The molecule has 1 amide bonds. The SMILES string of the molecule is COc1ccc(I)c(NC(=O)C(C)N)c1.Cl. The first-order chi connectivity index (χ1) is 7.04. The van der Waals surface area contributed by atoms with Gasteiger partial charge in [-0.25, -0.2) is 0 Å². The fourth-order valence-electron chi connectivity index (χ4n) is 0.974. The quantitative estimate of drug-likeness (QED) is 0.814. The molecule has 0 saturated heterocycles. The number of halogens is 2. The zero-order valence-electron chi connectivity index (χ0n) is 8.99. The molecule has 0 aliphatic carbocycles. The van der Waals surface area contributed by atoms with Gasteiger partial charge in [0.05, 0.1) is 18.8 Å². The summed E-state index contributed by atoms with van der Waals surface area (Å²) < 4.78 is 6.01. The van der Waals surface area contributed by atoms with Crippen LogP contribution in [0.2, 0.25) is 0 Å². The Kier molecular flexibility index (Phi) is 6.70. The van der Waals surface area contributed by atoms with E-state index in [1.165, 1.54) is 0 Å². The van der Waals surface area contributed by atoms with Crippen molar-refractivity contribution < 1.29 is 9.53 Å². The van der Waals surface area contributed by atoms with Gasteiger partial charge in [-0.15, -0.1) is 12.4 Å². The van der Waals surface area contributed by atoms with E-state index in [9.17, 15) is 4.79 Å². The van der Waals surface area contributed by atoms with Crippen molar-refractivity contribution in [1.82, 2.24) is 0 Å². The molecule has 1 aromatic rings. The Morgan fingerprint density at radius 1 is 1.56 bits per heavy atom. The Labute approximate surface area is 114 Å². The number of hydrogen-bond donors (Lipinski definition) is 2. The fraction of sp³-hybridized carbons (Fsp3) is 0.300. The molecule has 1 unspecified atom stereocenters. The van der Waals surface area contributed by atoms with Crippen LogP contribution in [0.5, 0.6) is 5.75 Å². The van der Waals surface area contributed by atoms with Crippen molar-refractivity contribution in [2.75, 3.05) is 12.4 Å². The predicted molar refractivity (Wildman–Crippen MR) is 75.2 cm³/mol. The van der Waals surface area contributed by atoms with Crippen LogP contribution < -0.4 is 15.8 Å². The topological polar surface area (TPSA) is 64.3 Å². The maximum atomic E-state index is 11.4. The summed E-state index contributed by atoms with van der Waals surface area (Å²) in [5, 5.41) is 2.73. The van der Waals surface area contributed by atoms with Gasteiger partial charge in [-0.1, -0.05) is 0 Å². The van der Waals surface area contributed by atoms with Crippen LogP contribution in [0.15, 0.2) is 18.2 Å². The highest BCUT2D eigenvalue weighted by atomic mass is 127. The van der Waals surface area contributed by atoms with E-state index in [-0.39, 0.29) is 18.3 Å². The summed E-state index contributed by atoms with van der Waals surface area (Å²) in [6.07, 6.45) is 0. The first kappa shape index (κ1) is 15.5. The summed E-state index contributed by atoms with van der Waals surface area (Å²) in [6.45, 7) is 1.64. The first-order valence-electron chi connectivity index (χ1n) is 4.44. The Hall–Kier alpha value is -0.530. The zero-order chi connectivity index (χ0) is 11.4. The lowest BCUT2D eigenvalue weighted by atomic mass is 10.2. The summed E-state index contributed by atoms with van der Waals surface area (Å²) in [6, 6.07) is 4.95. The molecule has 1 rings (SSSR count). The summed E-state index contributed by atoms with van der Waals surface area (Å²) in [5.41, 5.74) is 6.18. The standard InChI is InChI=1S/C10H13IN2O2.ClH/c1-6(12)10(14)13-9-5-7(15-2)3-4-8(9)11;/h3-6H,12H2,1-2H3,(H,13,14);1H. The minimum absolute atomic E-state index is 0. The van der Waals surface area contributed by atoms with Gasteiger partial charge in [0, 0.05) is 9.64 Å². The van der Waals surface area contributed by atoms with E-state index in [2.05, 4.69) is 27.9 Å². The number of benzene rings is 1. The number of amides is 1. The fourth-order valence-corrected chi connectivity index (χ4v) is 1.44. The molecular formula is C10H14ClIN2O2. The monoisotopic (exact) mass is 356 g/mol. The molecule has 1 aromatic carbocycles. The number of nitrogens with one attached hydrogen (secondary N) is 1. The summed E-state index contributed by atoms with van der Waals surface area (Å²) in [4.78, 5) is 11.4. The van der Waals surface area contributed by atoms with Gasteiger partial charge in [-0.3, -0.25) is 4.79 Å². The Balaban J connectivity index is 0.00000225. The number of hydrogen-bond acceptors (Lipinski definition) is 3. The Morgan fingerprint density at radius 3 is 2.69 bits per heavy atom. The van der Waals surface area contributed by atoms with Crippen LogP contribution in [0.25, 0.3) is 0 Å². The van der Waals surface area contributed by atoms with Crippen molar-refractivity contribution in [3.63, 3.8) is 0 Å². The van der Waals surface area contributed by atoms with Gasteiger partial charge in [0.15, 0.2) is 0 Å². The molecule has 0 heterocycles. The molecule has 0 saturated carbocycles. The number of rotatable bonds is 3. The van der Waals surface area contributed by atoms with E-state index in [1.54, 1.807) is 20.1 Å². The molecule has 4 nitrogen and oxygen atoms in total. The number of ether oxygens (including phenoxy) is 1. The molecular weight excluding hydrogens is 342 g/mol. The Morgan fingerprint density at radius 2 is 2.19 bits per heavy atom. The second-order valence-corrected chi connectivity index (χ2v) is 4.29. The highest BCUT2D eigenvalue weighted by Gasteiger charge is 2.10. The lowest BCUT2D eigenvalue weighted by Gasteiger charge is -2.10. The van der Waals surface area contributed by atoms with Crippen LogP contribution in [0.1, 0.15) is 6.92 Å². The number of carbonyl (C=O) groups is 1. The molecule has 3 N–H and O–H groups in total. The number of nitrogens with two attached hydrogens (primary N) is 1. The van der Waals surface area contributed by atoms with E-state index < -0.39 is 6.04 Å². The first-order valence-corrected chi connectivity index (χ1v) is 5.52. The van der Waals surface area contributed by atoms with E-state index in [0.717, 1.165) is 9.26 Å². The molecule has 0 spiro atoms. The highest BCUT2D eigenvalue weighted by Crippen LogP contribution is 2.23. The highest BCUT2D eigenvalue weighted by molar-refractivity contribution is 14.1.